The topological polar surface area (TPSA) is 28.2 Å². The molecule has 0 saturated carbocycles. The molecule has 3 nitrogen and oxygen atoms in total. The maximum Gasteiger partial charge on any atom is 0.151 e. The van der Waals surface area contributed by atoms with Crippen molar-refractivity contribution in [3.05, 3.63) is 52.1 Å². The molecule has 0 fully saturated rings. The quantitative estimate of drug-likeness (QED) is 0.837. The van der Waals surface area contributed by atoms with E-state index < -0.39 is 0 Å². The third-order valence-corrected chi connectivity index (χ3v) is 4.03. The molecule has 1 unspecified atom stereocenters. The van der Waals surface area contributed by atoms with Gasteiger partial charge >= 0.3 is 0 Å². The van der Waals surface area contributed by atoms with Gasteiger partial charge < -0.3 is 10.2 Å². The molecule has 21 heavy (non-hydrogen) atoms. The van der Waals surface area contributed by atoms with Crippen molar-refractivity contribution in [1.82, 2.24) is 4.98 Å². The number of hydrogen-bond acceptors (Lipinski definition) is 3. The molecular weight excluding hydrogens is 305 g/mol. The van der Waals surface area contributed by atoms with Gasteiger partial charge in [0.15, 0.2) is 5.82 Å². The third kappa shape index (κ3) is 3.80. The van der Waals surface area contributed by atoms with E-state index in [0.717, 1.165) is 23.5 Å². The van der Waals surface area contributed by atoms with E-state index in [1.54, 1.807) is 6.20 Å². The van der Waals surface area contributed by atoms with Gasteiger partial charge in [-0.25, -0.2) is 4.98 Å². The molecule has 0 aliphatic heterocycles. The molecule has 0 saturated heterocycles. The van der Waals surface area contributed by atoms with E-state index in [1.165, 1.54) is 0 Å². The third-order valence-electron chi connectivity index (χ3n) is 3.29. The second kappa shape index (κ2) is 7.01. The predicted molar refractivity (Wildman–Crippen MR) is 91.7 cm³/mol. The van der Waals surface area contributed by atoms with Crippen LogP contribution in [-0.4, -0.2) is 19.1 Å². The molecule has 1 aromatic carbocycles. The Morgan fingerprint density at radius 2 is 1.95 bits per heavy atom. The standard InChI is InChI=1S/C16H19Cl2N3/c1-4-14(11-7-8-12(17)13(18)10-11)20-15-6-5-9-19-16(15)21(2)3/h5-10,14,20H,4H2,1-3H3. The van der Waals surface area contributed by atoms with Crippen LogP contribution in [0.15, 0.2) is 36.5 Å². The highest BCUT2D eigenvalue weighted by atomic mass is 35.5. The fraction of sp³-hybridized carbons (Fsp3) is 0.312. The molecule has 1 N–H and O–H groups in total. The van der Waals surface area contributed by atoms with Gasteiger partial charge in [-0.05, 0) is 36.2 Å². The van der Waals surface area contributed by atoms with Crippen molar-refractivity contribution >= 4 is 34.7 Å². The summed E-state index contributed by atoms with van der Waals surface area (Å²) in [5, 5.41) is 4.69. The van der Waals surface area contributed by atoms with Crippen molar-refractivity contribution in [2.75, 3.05) is 24.3 Å². The highest BCUT2D eigenvalue weighted by Gasteiger charge is 2.14. The van der Waals surface area contributed by atoms with E-state index in [9.17, 15) is 0 Å². The van der Waals surface area contributed by atoms with Crippen molar-refractivity contribution in [2.24, 2.45) is 0 Å². The number of halogens is 2. The van der Waals surface area contributed by atoms with E-state index in [4.69, 9.17) is 23.2 Å². The summed E-state index contributed by atoms with van der Waals surface area (Å²) in [7, 11) is 3.96. The van der Waals surface area contributed by atoms with Crippen LogP contribution in [0.1, 0.15) is 24.9 Å². The molecule has 2 rings (SSSR count). The van der Waals surface area contributed by atoms with Gasteiger partial charge in [0.2, 0.25) is 0 Å². The van der Waals surface area contributed by atoms with Crippen LogP contribution < -0.4 is 10.2 Å². The first-order valence-corrected chi connectivity index (χ1v) is 7.62. The summed E-state index contributed by atoms with van der Waals surface area (Å²) in [5.41, 5.74) is 2.11. The fourth-order valence-electron chi connectivity index (χ4n) is 2.20. The molecule has 0 aliphatic carbocycles. The lowest BCUT2D eigenvalue weighted by Gasteiger charge is -2.23. The Labute approximate surface area is 135 Å². The summed E-state index contributed by atoms with van der Waals surface area (Å²) >= 11 is 12.1. The van der Waals surface area contributed by atoms with Crippen LogP contribution in [0.25, 0.3) is 0 Å². The fourth-order valence-corrected chi connectivity index (χ4v) is 2.51. The largest absolute Gasteiger partial charge is 0.375 e. The van der Waals surface area contributed by atoms with Crippen LogP contribution in [0.5, 0.6) is 0 Å². The Balaban J connectivity index is 2.29. The second-order valence-corrected chi connectivity index (χ2v) is 5.86. The highest BCUT2D eigenvalue weighted by Crippen LogP contribution is 2.31. The summed E-state index contributed by atoms with van der Waals surface area (Å²) in [5.74, 6) is 0.913. The van der Waals surface area contributed by atoms with Crippen molar-refractivity contribution in [3.63, 3.8) is 0 Å². The van der Waals surface area contributed by atoms with Crippen LogP contribution in [0.2, 0.25) is 10.0 Å². The van der Waals surface area contributed by atoms with E-state index in [0.29, 0.717) is 10.0 Å². The number of pyridine rings is 1. The molecule has 0 spiro atoms. The summed E-state index contributed by atoms with van der Waals surface area (Å²) in [4.78, 5) is 6.40. The number of rotatable bonds is 5. The molecule has 1 atom stereocenters. The first kappa shape index (κ1) is 15.9. The average Bonchev–Trinajstić information content (AvgIpc) is 2.48. The lowest BCUT2D eigenvalue weighted by Crippen LogP contribution is -2.16. The molecule has 1 heterocycles. The van der Waals surface area contributed by atoms with E-state index in [2.05, 4.69) is 17.2 Å². The van der Waals surface area contributed by atoms with Crippen molar-refractivity contribution in [1.29, 1.82) is 0 Å². The van der Waals surface area contributed by atoms with Crippen LogP contribution in [0, 0.1) is 0 Å². The lowest BCUT2D eigenvalue weighted by atomic mass is 10.0. The van der Waals surface area contributed by atoms with Crippen LogP contribution in [-0.2, 0) is 0 Å². The molecule has 0 aliphatic rings. The van der Waals surface area contributed by atoms with E-state index in [-0.39, 0.29) is 6.04 Å². The molecule has 2 aromatic rings. The first-order chi connectivity index (χ1) is 10.0. The Bertz CT molecular complexity index is 614. The minimum absolute atomic E-state index is 0.155. The van der Waals surface area contributed by atoms with Gasteiger partial charge in [0.05, 0.1) is 21.8 Å². The normalized spacial score (nSPS) is 12.0. The van der Waals surface area contributed by atoms with Gasteiger partial charge in [-0.2, -0.15) is 0 Å². The maximum absolute atomic E-state index is 6.12. The van der Waals surface area contributed by atoms with Gasteiger partial charge in [-0.15, -0.1) is 0 Å². The van der Waals surface area contributed by atoms with E-state index in [1.807, 2.05) is 49.3 Å². The Kier molecular flexibility index (Phi) is 5.32. The first-order valence-electron chi connectivity index (χ1n) is 6.86. The zero-order valence-electron chi connectivity index (χ0n) is 12.4. The summed E-state index contributed by atoms with van der Waals surface area (Å²) in [6.07, 6.45) is 2.72. The summed E-state index contributed by atoms with van der Waals surface area (Å²) < 4.78 is 0. The minimum atomic E-state index is 0.155. The number of hydrogen-bond donors (Lipinski definition) is 1. The monoisotopic (exact) mass is 323 g/mol. The van der Waals surface area contributed by atoms with E-state index >= 15 is 0 Å². The number of nitrogens with zero attached hydrogens (tertiary/aromatic N) is 2. The van der Waals surface area contributed by atoms with Gasteiger partial charge in [-0.1, -0.05) is 36.2 Å². The van der Waals surface area contributed by atoms with Crippen molar-refractivity contribution in [2.45, 2.75) is 19.4 Å². The van der Waals surface area contributed by atoms with Crippen LogP contribution >= 0.6 is 23.2 Å². The number of anilines is 2. The molecule has 112 valence electrons. The van der Waals surface area contributed by atoms with Crippen molar-refractivity contribution in [3.8, 4) is 0 Å². The zero-order valence-corrected chi connectivity index (χ0v) is 13.9. The molecule has 1 aromatic heterocycles. The molecular formula is C16H19Cl2N3. The SMILES string of the molecule is CCC(Nc1cccnc1N(C)C)c1ccc(Cl)c(Cl)c1. The summed E-state index contributed by atoms with van der Waals surface area (Å²) in [6.45, 7) is 2.13. The number of aromatic nitrogens is 1. The van der Waals surface area contributed by atoms with Gasteiger partial charge in [0, 0.05) is 20.3 Å². The van der Waals surface area contributed by atoms with Crippen LogP contribution in [0.3, 0.4) is 0 Å². The highest BCUT2D eigenvalue weighted by molar-refractivity contribution is 6.42. The number of benzene rings is 1. The van der Waals surface area contributed by atoms with Gasteiger partial charge in [0.25, 0.3) is 0 Å². The molecule has 0 radical (unpaired) electrons. The number of nitrogens with one attached hydrogen (secondary N) is 1. The second-order valence-electron chi connectivity index (χ2n) is 5.05. The maximum atomic E-state index is 6.12. The van der Waals surface area contributed by atoms with Crippen LogP contribution in [0.4, 0.5) is 11.5 Å². The average molecular weight is 324 g/mol. The Morgan fingerprint density at radius 1 is 1.19 bits per heavy atom. The van der Waals surface area contributed by atoms with Gasteiger partial charge in [0.1, 0.15) is 0 Å². The minimum Gasteiger partial charge on any atom is -0.375 e. The van der Waals surface area contributed by atoms with Gasteiger partial charge in [-0.3, -0.25) is 0 Å². The lowest BCUT2D eigenvalue weighted by molar-refractivity contribution is 0.748. The predicted octanol–water partition coefficient (Wildman–Crippen LogP) is 5.02. The Hall–Kier alpha value is -1.45. The summed E-state index contributed by atoms with van der Waals surface area (Å²) in [6, 6.07) is 9.86. The Morgan fingerprint density at radius 3 is 2.57 bits per heavy atom. The smallest absolute Gasteiger partial charge is 0.151 e. The zero-order chi connectivity index (χ0) is 15.4. The molecule has 5 heteroatoms. The molecule has 0 bridgehead atoms. The van der Waals surface area contributed by atoms with Crippen molar-refractivity contribution < 1.29 is 0 Å². The molecule has 0 amide bonds.